The number of hydrogen-bond acceptors (Lipinski definition) is 5. The SMILES string of the molecule is CCCCn1c(/C(C)=C/C=C(\C=C\OCCC(C)CC)OCCC)nc2ccc(Oc3ccc(C(C)CCC)cc3)cc21.CN1CCCC1. The van der Waals surface area contributed by atoms with E-state index < -0.39 is 0 Å². The molecule has 1 fully saturated rings. The molecular weight excluding hydrogens is 606 g/mol. The van der Waals surface area contributed by atoms with E-state index in [1.165, 1.54) is 50.8 Å². The standard InChI is InChI=1S/C38H54N2O3.C5H11N/c1-8-12-24-40-37-28-35(43-34-18-15-32(16-19-34)30(6)13-9-2)20-21-36(37)39-38(40)31(7)14-17-33(42-25-10-3)23-27-41-26-22-29(5)11-4;1-6-4-2-3-5-6/h14-21,23,27-30H,8-13,22,24-26H2,1-7H3;2-5H2,1H3/b27-23+,31-14+,33-17+;. The van der Waals surface area contributed by atoms with Gasteiger partial charge in [-0.05, 0) is 119 Å². The molecule has 1 aliphatic rings. The van der Waals surface area contributed by atoms with Gasteiger partial charge in [-0.2, -0.15) is 0 Å². The summed E-state index contributed by atoms with van der Waals surface area (Å²) in [5.74, 6) is 4.66. The first kappa shape index (κ1) is 39.9. The average molecular weight is 672 g/mol. The number of fused-ring (bicyclic) bond motifs is 1. The number of aryl methyl sites for hydroxylation is 1. The minimum absolute atomic E-state index is 0.561. The molecule has 2 heterocycles. The Morgan fingerprint density at radius 1 is 0.878 bits per heavy atom. The molecule has 0 N–H and O–H groups in total. The number of likely N-dealkylation sites (tertiary alicyclic amines) is 1. The zero-order chi connectivity index (χ0) is 35.4. The lowest BCUT2D eigenvalue weighted by Gasteiger charge is -2.12. The summed E-state index contributed by atoms with van der Waals surface area (Å²) < 4.78 is 20.4. The predicted octanol–water partition coefficient (Wildman–Crippen LogP) is 11.9. The topological polar surface area (TPSA) is 48.8 Å². The van der Waals surface area contributed by atoms with Crippen molar-refractivity contribution in [2.75, 3.05) is 33.4 Å². The van der Waals surface area contributed by atoms with Crippen LogP contribution in [-0.2, 0) is 16.0 Å². The first-order valence-electron chi connectivity index (χ1n) is 19.1. The number of aromatic nitrogens is 2. The number of imidazole rings is 1. The molecule has 2 unspecified atom stereocenters. The van der Waals surface area contributed by atoms with E-state index >= 15 is 0 Å². The van der Waals surface area contributed by atoms with Gasteiger partial charge in [0.05, 0.1) is 30.5 Å². The third kappa shape index (κ3) is 13.7. The lowest BCUT2D eigenvalue weighted by molar-refractivity contribution is 0.209. The highest BCUT2D eigenvalue weighted by Gasteiger charge is 2.14. The summed E-state index contributed by atoms with van der Waals surface area (Å²) >= 11 is 0. The van der Waals surface area contributed by atoms with Gasteiger partial charge in [0.1, 0.15) is 23.1 Å². The number of allylic oxidation sites excluding steroid dienone is 4. The molecule has 0 aliphatic carbocycles. The molecule has 0 saturated carbocycles. The number of benzene rings is 2. The van der Waals surface area contributed by atoms with Crippen LogP contribution in [0.2, 0.25) is 0 Å². The van der Waals surface area contributed by atoms with Crippen molar-refractivity contribution in [3.8, 4) is 11.5 Å². The van der Waals surface area contributed by atoms with Crippen LogP contribution in [0.5, 0.6) is 11.5 Å². The normalized spacial score (nSPS) is 15.3. The van der Waals surface area contributed by atoms with Gasteiger partial charge >= 0.3 is 0 Å². The molecule has 1 aromatic heterocycles. The second-order valence-corrected chi connectivity index (χ2v) is 13.7. The number of unbranched alkanes of at least 4 members (excludes halogenated alkanes) is 1. The zero-order valence-corrected chi connectivity index (χ0v) is 32.0. The van der Waals surface area contributed by atoms with Gasteiger partial charge in [-0.1, -0.05) is 79.0 Å². The summed E-state index contributed by atoms with van der Waals surface area (Å²) in [6, 6.07) is 14.7. The van der Waals surface area contributed by atoms with Crippen LogP contribution in [0.25, 0.3) is 16.6 Å². The van der Waals surface area contributed by atoms with E-state index in [2.05, 4.69) is 107 Å². The first-order valence-corrected chi connectivity index (χ1v) is 19.1. The van der Waals surface area contributed by atoms with Crippen molar-refractivity contribution < 1.29 is 14.2 Å². The summed E-state index contributed by atoms with van der Waals surface area (Å²) in [4.78, 5) is 7.40. The monoisotopic (exact) mass is 672 g/mol. The second kappa shape index (κ2) is 22.3. The van der Waals surface area contributed by atoms with E-state index in [0.717, 1.165) is 78.5 Å². The summed E-state index contributed by atoms with van der Waals surface area (Å²) in [6.45, 7) is 20.4. The fourth-order valence-corrected chi connectivity index (χ4v) is 5.79. The van der Waals surface area contributed by atoms with Crippen LogP contribution in [0.3, 0.4) is 0 Å². The number of hydrogen-bond donors (Lipinski definition) is 0. The first-order chi connectivity index (χ1) is 23.8. The second-order valence-electron chi connectivity index (χ2n) is 13.7. The lowest BCUT2D eigenvalue weighted by atomic mass is 9.97. The van der Waals surface area contributed by atoms with Gasteiger partial charge in [0.2, 0.25) is 0 Å². The van der Waals surface area contributed by atoms with Crippen LogP contribution in [0.4, 0.5) is 0 Å². The van der Waals surface area contributed by atoms with E-state index in [0.29, 0.717) is 18.4 Å². The van der Waals surface area contributed by atoms with Crippen LogP contribution in [0.15, 0.2) is 72.7 Å². The molecule has 0 bridgehead atoms. The Kier molecular flexibility index (Phi) is 18.1. The minimum Gasteiger partial charge on any atom is -0.501 e. The molecule has 2 aromatic carbocycles. The minimum atomic E-state index is 0.561. The molecule has 0 radical (unpaired) electrons. The Morgan fingerprint density at radius 3 is 2.24 bits per heavy atom. The number of ether oxygens (including phenoxy) is 3. The molecular formula is C43H65N3O3. The third-order valence-corrected chi connectivity index (χ3v) is 9.27. The number of nitrogens with zero attached hydrogens (tertiary/aromatic N) is 3. The highest BCUT2D eigenvalue weighted by atomic mass is 16.5. The summed E-state index contributed by atoms with van der Waals surface area (Å²) in [5.41, 5.74) is 4.49. The van der Waals surface area contributed by atoms with Gasteiger partial charge < -0.3 is 23.7 Å². The van der Waals surface area contributed by atoms with Crippen molar-refractivity contribution in [2.45, 2.75) is 119 Å². The van der Waals surface area contributed by atoms with Crippen molar-refractivity contribution in [3.63, 3.8) is 0 Å². The van der Waals surface area contributed by atoms with Gasteiger partial charge in [0.25, 0.3) is 0 Å². The molecule has 49 heavy (non-hydrogen) atoms. The van der Waals surface area contributed by atoms with Gasteiger partial charge in [-0.3, -0.25) is 0 Å². The molecule has 6 heteroatoms. The van der Waals surface area contributed by atoms with E-state index in [4.69, 9.17) is 19.2 Å². The Balaban J connectivity index is 0.000000974. The quantitative estimate of drug-likeness (QED) is 0.0721. The maximum atomic E-state index is 6.30. The van der Waals surface area contributed by atoms with E-state index in [1.807, 2.05) is 18.2 Å². The molecule has 1 saturated heterocycles. The average Bonchev–Trinajstić information content (AvgIpc) is 3.74. The summed E-state index contributed by atoms with van der Waals surface area (Å²) in [7, 11) is 2.17. The fourth-order valence-electron chi connectivity index (χ4n) is 5.79. The molecule has 6 nitrogen and oxygen atoms in total. The van der Waals surface area contributed by atoms with E-state index in [-0.39, 0.29) is 0 Å². The van der Waals surface area contributed by atoms with Gasteiger partial charge in [0, 0.05) is 18.7 Å². The summed E-state index contributed by atoms with van der Waals surface area (Å²) in [6.07, 6.45) is 18.3. The van der Waals surface area contributed by atoms with Crippen LogP contribution in [0, 0.1) is 5.92 Å². The molecule has 4 rings (SSSR count). The van der Waals surface area contributed by atoms with Crippen molar-refractivity contribution in [1.82, 2.24) is 14.5 Å². The van der Waals surface area contributed by atoms with Crippen molar-refractivity contribution in [3.05, 3.63) is 84.1 Å². The van der Waals surface area contributed by atoms with E-state index in [9.17, 15) is 0 Å². The van der Waals surface area contributed by atoms with Gasteiger partial charge in [-0.15, -0.1) is 0 Å². The fraction of sp³-hybridized carbons (Fsp3) is 0.558. The highest BCUT2D eigenvalue weighted by Crippen LogP contribution is 2.30. The Labute approximate surface area is 298 Å². The van der Waals surface area contributed by atoms with Gasteiger partial charge in [-0.25, -0.2) is 4.98 Å². The third-order valence-electron chi connectivity index (χ3n) is 9.27. The molecule has 2 atom stereocenters. The van der Waals surface area contributed by atoms with Crippen molar-refractivity contribution >= 4 is 16.6 Å². The van der Waals surface area contributed by atoms with Crippen molar-refractivity contribution in [2.24, 2.45) is 5.92 Å². The maximum absolute atomic E-state index is 6.30. The molecule has 0 spiro atoms. The highest BCUT2D eigenvalue weighted by molar-refractivity contribution is 5.81. The van der Waals surface area contributed by atoms with Crippen LogP contribution < -0.4 is 4.74 Å². The molecule has 3 aromatic rings. The predicted molar refractivity (Wildman–Crippen MR) is 208 cm³/mol. The van der Waals surface area contributed by atoms with Crippen LogP contribution >= 0.6 is 0 Å². The van der Waals surface area contributed by atoms with Crippen LogP contribution in [0.1, 0.15) is 124 Å². The van der Waals surface area contributed by atoms with E-state index in [1.54, 1.807) is 6.26 Å². The largest absolute Gasteiger partial charge is 0.501 e. The Hall–Kier alpha value is -3.51. The lowest BCUT2D eigenvalue weighted by Crippen LogP contribution is -2.10. The van der Waals surface area contributed by atoms with Crippen molar-refractivity contribution in [1.29, 1.82) is 0 Å². The Morgan fingerprint density at radius 2 is 1.61 bits per heavy atom. The smallest absolute Gasteiger partial charge is 0.136 e. The molecule has 270 valence electrons. The maximum Gasteiger partial charge on any atom is 0.136 e. The molecule has 0 amide bonds. The zero-order valence-electron chi connectivity index (χ0n) is 32.0. The molecule has 1 aliphatic heterocycles. The number of rotatable bonds is 19. The van der Waals surface area contributed by atoms with Crippen LogP contribution in [-0.4, -0.2) is 47.8 Å². The summed E-state index contributed by atoms with van der Waals surface area (Å²) in [5, 5.41) is 0. The van der Waals surface area contributed by atoms with Gasteiger partial charge in [0.15, 0.2) is 0 Å². The Bertz CT molecular complexity index is 1450.